The molecule has 9 heteroatoms. The Balaban J connectivity index is 1.57. The van der Waals surface area contributed by atoms with Crippen LogP contribution in [0.3, 0.4) is 0 Å². The van der Waals surface area contributed by atoms with Crippen molar-refractivity contribution >= 4 is 11.6 Å². The molecule has 2 saturated heterocycles. The van der Waals surface area contributed by atoms with E-state index in [9.17, 15) is 18.0 Å². The Kier molecular flexibility index (Phi) is 6.54. The van der Waals surface area contributed by atoms with Crippen LogP contribution in [-0.4, -0.2) is 60.5 Å². The molecule has 2 aliphatic rings. The molecule has 3 heterocycles. The normalized spacial score (nSPS) is 20.4. The van der Waals surface area contributed by atoms with Crippen LogP contribution in [-0.2, 0) is 17.5 Å². The largest absolute Gasteiger partial charge is 0.417 e. The molecule has 1 aromatic heterocycles. The van der Waals surface area contributed by atoms with E-state index in [0.717, 1.165) is 38.5 Å². The van der Waals surface area contributed by atoms with Crippen molar-refractivity contribution in [2.45, 2.75) is 38.0 Å². The topological polar surface area (TPSA) is 63.5 Å². The summed E-state index contributed by atoms with van der Waals surface area (Å²) >= 11 is 0. The Bertz CT molecular complexity index is 1070. The summed E-state index contributed by atoms with van der Waals surface area (Å²) in [7, 11) is 3.34. The fourth-order valence-electron chi connectivity index (χ4n) is 5.18. The zero-order valence-corrected chi connectivity index (χ0v) is 19.3. The number of hydrogen-bond donors (Lipinski definition) is 0. The third-order valence-corrected chi connectivity index (χ3v) is 7.07. The molecule has 2 aliphatic heterocycles. The van der Waals surface area contributed by atoms with Gasteiger partial charge in [-0.1, -0.05) is 0 Å². The Morgan fingerprint density at radius 2 is 1.88 bits per heavy atom. The lowest BCUT2D eigenvalue weighted by Crippen LogP contribution is -2.43. The highest BCUT2D eigenvalue weighted by molar-refractivity contribution is 5.86. The first kappa shape index (κ1) is 24.0. The minimum atomic E-state index is -4.64. The molecule has 34 heavy (non-hydrogen) atoms. The van der Waals surface area contributed by atoms with Crippen molar-refractivity contribution < 1.29 is 18.0 Å². The third kappa shape index (κ3) is 4.87. The molecule has 1 unspecified atom stereocenters. The molecule has 0 bridgehead atoms. The Morgan fingerprint density at radius 1 is 1.21 bits per heavy atom. The van der Waals surface area contributed by atoms with Crippen molar-refractivity contribution in [3.63, 3.8) is 0 Å². The lowest BCUT2D eigenvalue weighted by atomic mass is 9.76. The van der Waals surface area contributed by atoms with Gasteiger partial charge in [-0.05, 0) is 73.7 Å². The maximum atomic E-state index is 13.6. The van der Waals surface area contributed by atoms with Gasteiger partial charge in [-0.2, -0.15) is 18.4 Å². The Labute approximate surface area is 197 Å². The number of nitriles is 1. The summed E-state index contributed by atoms with van der Waals surface area (Å²) in [5.41, 5.74) is 0.0125. The zero-order chi connectivity index (χ0) is 24.5. The van der Waals surface area contributed by atoms with Crippen molar-refractivity contribution in [2.75, 3.05) is 38.6 Å². The van der Waals surface area contributed by atoms with Gasteiger partial charge in [0, 0.05) is 45.3 Å². The fraction of sp³-hybridized carbons (Fsp3) is 0.480. The number of halogens is 3. The summed E-state index contributed by atoms with van der Waals surface area (Å²) in [6.07, 6.45) is 1.26. The molecule has 1 amide bonds. The third-order valence-electron chi connectivity index (χ3n) is 7.07. The monoisotopic (exact) mass is 471 g/mol. The number of nitrogens with zero attached hydrogens (tertiary/aromatic N) is 5. The standard InChI is InChI=1S/C25H28F3N5O/c1-31(2)23(34)22-14-24(7-11-32(12-8-24)16-18-5-9-30-10-6-18)17-33(22)20-4-3-19(15-29)21(13-20)25(26,27)28/h3-6,9-10,13,22H,7-8,11-12,14,16-17H2,1-2H3. The number of carbonyl (C=O) groups is 1. The maximum absolute atomic E-state index is 13.6. The van der Waals surface area contributed by atoms with Gasteiger partial charge in [0.1, 0.15) is 6.04 Å². The summed E-state index contributed by atoms with van der Waals surface area (Å²) in [4.78, 5) is 22.8. The van der Waals surface area contributed by atoms with Gasteiger partial charge in [0.15, 0.2) is 0 Å². The number of aromatic nitrogens is 1. The van der Waals surface area contributed by atoms with E-state index in [1.165, 1.54) is 22.6 Å². The molecule has 1 spiro atoms. The highest BCUT2D eigenvalue weighted by Crippen LogP contribution is 2.46. The number of likely N-dealkylation sites (N-methyl/N-ethyl adjacent to an activating group) is 1. The zero-order valence-electron chi connectivity index (χ0n) is 19.3. The molecular formula is C25H28F3N5O. The predicted octanol–water partition coefficient (Wildman–Crippen LogP) is 3.92. The van der Waals surface area contributed by atoms with Gasteiger partial charge < -0.3 is 9.80 Å². The smallest absolute Gasteiger partial charge is 0.359 e. The van der Waals surface area contributed by atoms with Crippen LogP contribution in [0, 0.1) is 16.7 Å². The van der Waals surface area contributed by atoms with E-state index in [0.29, 0.717) is 18.7 Å². The van der Waals surface area contributed by atoms with Crippen molar-refractivity contribution in [3.8, 4) is 6.07 Å². The van der Waals surface area contributed by atoms with Crippen molar-refractivity contribution in [2.24, 2.45) is 5.41 Å². The molecule has 180 valence electrons. The average Bonchev–Trinajstić information content (AvgIpc) is 3.19. The lowest BCUT2D eigenvalue weighted by molar-refractivity contribution is -0.137. The van der Waals surface area contributed by atoms with Crippen LogP contribution in [0.1, 0.15) is 36.0 Å². The van der Waals surface area contributed by atoms with Crippen molar-refractivity contribution in [3.05, 3.63) is 59.4 Å². The molecule has 6 nitrogen and oxygen atoms in total. The minimum absolute atomic E-state index is 0.117. The lowest BCUT2D eigenvalue weighted by Gasteiger charge is -2.39. The van der Waals surface area contributed by atoms with Crippen LogP contribution >= 0.6 is 0 Å². The average molecular weight is 472 g/mol. The Hall–Kier alpha value is -3.12. The van der Waals surface area contributed by atoms with Crippen LogP contribution in [0.5, 0.6) is 0 Å². The van der Waals surface area contributed by atoms with Gasteiger partial charge >= 0.3 is 6.18 Å². The van der Waals surface area contributed by atoms with E-state index in [2.05, 4.69) is 9.88 Å². The first-order valence-corrected chi connectivity index (χ1v) is 11.3. The molecule has 0 N–H and O–H groups in total. The van der Waals surface area contributed by atoms with E-state index in [-0.39, 0.29) is 11.3 Å². The number of benzene rings is 1. The SMILES string of the molecule is CN(C)C(=O)C1CC2(CCN(Cc3ccncc3)CC2)CN1c1ccc(C#N)c(C(F)(F)F)c1. The molecule has 0 aliphatic carbocycles. The Morgan fingerprint density at radius 3 is 2.47 bits per heavy atom. The number of carbonyl (C=O) groups excluding carboxylic acids is 1. The molecule has 2 fully saturated rings. The summed E-state index contributed by atoms with van der Waals surface area (Å²) in [5.74, 6) is -0.117. The number of hydrogen-bond acceptors (Lipinski definition) is 5. The highest BCUT2D eigenvalue weighted by Gasteiger charge is 2.49. The first-order valence-electron chi connectivity index (χ1n) is 11.3. The second-order valence-electron chi connectivity index (χ2n) is 9.55. The molecule has 0 saturated carbocycles. The maximum Gasteiger partial charge on any atom is 0.417 e. The summed E-state index contributed by atoms with van der Waals surface area (Å²) in [6, 6.07) is 8.85. The predicted molar refractivity (Wildman–Crippen MR) is 122 cm³/mol. The van der Waals surface area contributed by atoms with Gasteiger partial charge in [0.05, 0.1) is 17.2 Å². The number of alkyl halides is 3. The number of pyridine rings is 1. The van der Waals surface area contributed by atoms with Crippen LogP contribution < -0.4 is 4.90 Å². The van der Waals surface area contributed by atoms with Crippen LogP contribution in [0.4, 0.5) is 18.9 Å². The van der Waals surface area contributed by atoms with E-state index in [4.69, 9.17) is 5.26 Å². The summed E-state index contributed by atoms with van der Waals surface area (Å²) in [6.45, 7) is 3.07. The van der Waals surface area contributed by atoms with Crippen LogP contribution in [0.15, 0.2) is 42.7 Å². The van der Waals surface area contributed by atoms with E-state index in [1.54, 1.807) is 32.6 Å². The van der Waals surface area contributed by atoms with E-state index in [1.807, 2.05) is 17.0 Å². The molecule has 1 aromatic carbocycles. The minimum Gasteiger partial charge on any atom is -0.359 e. The molecule has 2 aromatic rings. The number of likely N-dealkylation sites (tertiary alicyclic amines) is 1. The van der Waals surface area contributed by atoms with Gasteiger partial charge in [-0.25, -0.2) is 0 Å². The van der Waals surface area contributed by atoms with Crippen molar-refractivity contribution in [1.82, 2.24) is 14.8 Å². The first-order chi connectivity index (χ1) is 16.1. The number of rotatable bonds is 4. The number of piperidine rings is 1. The van der Waals surface area contributed by atoms with Crippen molar-refractivity contribution in [1.29, 1.82) is 5.26 Å². The summed E-state index contributed by atoms with van der Waals surface area (Å²) < 4.78 is 40.8. The van der Waals surface area contributed by atoms with Crippen LogP contribution in [0.2, 0.25) is 0 Å². The van der Waals surface area contributed by atoms with Gasteiger partial charge in [-0.3, -0.25) is 14.7 Å². The molecule has 4 rings (SSSR count). The second-order valence-corrected chi connectivity index (χ2v) is 9.55. The van der Waals surface area contributed by atoms with E-state index >= 15 is 0 Å². The summed E-state index contributed by atoms with van der Waals surface area (Å²) in [5, 5.41) is 9.15. The van der Waals surface area contributed by atoms with E-state index < -0.39 is 23.3 Å². The molecular weight excluding hydrogens is 443 g/mol. The van der Waals surface area contributed by atoms with Gasteiger partial charge in [-0.15, -0.1) is 0 Å². The second kappa shape index (κ2) is 9.26. The fourth-order valence-corrected chi connectivity index (χ4v) is 5.18. The van der Waals surface area contributed by atoms with Crippen LogP contribution in [0.25, 0.3) is 0 Å². The van der Waals surface area contributed by atoms with Gasteiger partial charge in [0.2, 0.25) is 5.91 Å². The quantitative estimate of drug-likeness (QED) is 0.677. The van der Waals surface area contributed by atoms with Gasteiger partial charge in [0.25, 0.3) is 0 Å². The number of amides is 1. The molecule has 0 radical (unpaired) electrons. The molecule has 1 atom stereocenters. The highest BCUT2D eigenvalue weighted by atomic mass is 19.4. The number of anilines is 1.